The smallest absolute Gasteiger partial charge is 0.305 e. The van der Waals surface area contributed by atoms with Gasteiger partial charge in [0.1, 0.15) is 0 Å². The van der Waals surface area contributed by atoms with Gasteiger partial charge in [-0.1, -0.05) is 13.3 Å². The topological polar surface area (TPSA) is 41.6 Å². The zero-order chi connectivity index (χ0) is 13.9. The molecule has 1 aliphatic heterocycles. The Hall–Kier alpha value is -0.610. The van der Waals surface area contributed by atoms with E-state index in [0.717, 1.165) is 25.9 Å². The van der Waals surface area contributed by atoms with E-state index in [4.69, 9.17) is 4.74 Å². The lowest BCUT2D eigenvalue weighted by molar-refractivity contribution is -0.143. The molecule has 0 bridgehead atoms. The second kappa shape index (κ2) is 10.2. The first-order chi connectivity index (χ1) is 9.26. The van der Waals surface area contributed by atoms with Gasteiger partial charge in [-0.25, -0.2) is 0 Å². The van der Waals surface area contributed by atoms with Crippen LogP contribution in [0, 0.1) is 0 Å². The molecule has 1 saturated heterocycles. The number of rotatable bonds is 10. The second-order valence-electron chi connectivity index (χ2n) is 5.30. The van der Waals surface area contributed by atoms with Gasteiger partial charge in [0.25, 0.3) is 0 Å². The Morgan fingerprint density at radius 2 is 2.16 bits per heavy atom. The molecule has 19 heavy (non-hydrogen) atoms. The third kappa shape index (κ3) is 7.53. The summed E-state index contributed by atoms with van der Waals surface area (Å²) in [6, 6.07) is 0.694. The van der Waals surface area contributed by atoms with E-state index in [0.29, 0.717) is 19.1 Å². The Morgan fingerprint density at radius 3 is 2.79 bits per heavy atom. The molecule has 0 aromatic carbocycles. The number of carbonyl (C=O) groups excluding carboxylic acids is 1. The van der Waals surface area contributed by atoms with Crippen molar-refractivity contribution in [3.63, 3.8) is 0 Å². The number of esters is 1. The fraction of sp³-hybridized carbons (Fsp3) is 0.933. The van der Waals surface area contributed by atoms with E-state index < -0.39 is 0 Å². The van der Waals surface area contributed by atoms with Crippen LogP contribution in [-0.4, -0.2) is 49.7 Å². The molecule has 1 N–H and O–H groups in total. The van der Waals surface area contributed by atoms with Gasteiger partial charge in [0.2, 0.25) is 0 Å². The molecule has 0 aliphatic carbocycles. The normalized spacial score (nSPS) is 19.0. The average molecular weight is 270 g/mol. The monoisotopic (exact) mass is 270 g/mol. The molecule has 0 aromatic rings. The number of carbonyl (C=O) groups is 1. The molecule has 1 atom stereocenters. The fourth-order valence-corrected chi connectivity index (χ4v) is 2.62. The lowest BCUT2D eigenvalue weighted by atomic mass is 10.1. The van der Waals surface area contributed by atoms with E-state index in [1.165, 1.54) is 32.4 Å². The maximum atomic E-state index is 11.2. The van der Waals surface area contributed by atoms with Crippen LogP contribution in [0.2, 0.25) is 0 Å². The summed E-state index contributed by atoms with van der Waals surface area (Å²) >= 11 is 0. The summed E-state index contributed by atoms with van der Waals surface area (Å²) in [5.41, 5.74) is 0. The molecular weight excluding hydrogens is 240 g/mol. The Labute approximate surface area is 117 Å². The van der Waals surface area contributed by atoms with Crippen LogP contribution in [0.15, 0.2) is 0 Å². The number of nitrogens with one attached hydrogen (secondary N) is 1. The summed E-state index contributed by atoms with van der Waals surface area (Å²) in [6.45, 7) is 9.21. The van der Waals surface area contributed by atoms with Crippen LogP contribution in [0.1, 0.15) is 52.4 Å². The average Bonchev–Trinajstić information content (AvgIpc) is 2.90. The highest BCUT2D eigenvalue weighted by Gasteiger charge is 2.16. The summed E-state index contributed by atoms with van der Waals surface area (Å²) in [6.07, 6.45) is 6.47. The Bertz CT molecular complexity index is 240. The number of ether oxygens (including phenoxy) is 1. The minimum atomic E-state index is -0.0509. The Kier molecular flexibility index (Phi) is 8.84. The van der Waals surface area contributed by atoms with Gasteiger partial charge in [-0.2, -0.15) is 0 Å². The van der Waals surface area contributed by atoms with Crippen LogP contribution < -0.4 is 5.32 Å². The van der Waals surface area contributed by atoms with Gasteiger partial charge in [0.05, 0.1) is 6.61 Å². The van der Waals surface area contributed by atoms with Crippen molar-refractivity contribution in [2.45, 2.75) is 58.4 Å². The predicted molar refractivity (Wildman–Crippen MR) is 78.2 cm³/mol. The number of likely N-dealkylation sites (N-methyl/N-ethyl adjacent to an activating group) is 1. The molecule has 4 nitrogen and oxygen atoms in total. The lowest BCUT2D eigenvalue weighted by Crippen LogP contribution is -2.37. The third-order valence-electron chi connectivity index (χ3n) is 3.75. The quantitative estimate of drug-likeness (QED) is 0.488. The predicted octanol–water partition coefficient (Wildman–Crippen LogP) is 2.18. The van der Waals surface area contributed by atoms with E-state index >= 15 is 0 Å². The summed E-state index contributed by atoms with van der Waals surface area (Å²) in [5, 5.41) is 3.55. The number of nitrogens with zero attached hydrogens (tertiary/aromatic N) is 1. The van der Waals surface area contributed by atoms with Crippen molar-refractivity contribution in [1.29, 1.82) is 0 Å². The maximum Gasteiger partial charge on any atom is 0.305 e. The van der Waals surface area contributed by atoms with E-state index in [9.17, 15) is 4.79 Å². The SMILES string of the molecule is CCOC(=O)CCCCCN(CC)CC1CCCN1. The zero-order valence-corrected chi connectivity index (χ0v) is 12.6. The van der Waals surface area contributed by atoms with Gasteiger partial charge in [0, 0.05) is 19.0 Å². The fourth-order valence-electron chi connectivity index (χ4n) is 2.62. The van der Waals surface area contributed by atoms with E-state index in [1.807, 2.05) is 6.92 Å². The molecule has 4 heteroatoms. The molecule has 1 unspecified atom stereocenters. The number of hydrogen-bond donors (Lipinski definition) is 1. The minimum absolute atomic E-state index is 0.0509. The standard InChI is InChI=1S/C15H30N2O2/c1-3-17(13-14-9-8-11-16-14)12-7-5-6-10-15(18)19-4-2/h14,16H,3-13H2,1-2H3. The maximum absolute atomic E-state index is 11.2. The van der Waals surface area contributed by atoms with Gasteiger partial charge < -0.3 is 15.0 Å². The van der Waals surface area contributed by atoms with E-state index in [-0.39, 0.29) is 5.97 Å². The first-order valence-corrected chi connectivity index (χ1v) is 7.87. The highest BCUT2D eigenvalue weighted by atomic mass is 16.5. The van der Waals surface area contributed by atoms with Gasteiger partial charge in [-0.05, 0) is 52.2 Å². The number of hydrogen-bond acceptors (Lipinski definition) is 4. The molecule has 1 aliphatic rings. The summed E-state index contributed by atoms with van der Waals surface area (Å²) in [4.78, 5) is 13.7. The van der Waals surface area contributed by atoms with Crippen molar-refractivity contribution < 1.29 is 9.53 Å². The molecule has 0 radical (unpaired) electrons. The largest absolute Gasteiger partial charge is 0.466 e. The van der Waals surface area contributed by atoms with Crippen molar-refractivity contribution in [3.8, 4) is 0 Å². The van der Waals surface area contributed by atoms with Crippen molar-refractivity contribution in [2.24, 2.45) is 0 Å². The van der Waals surface area contributed by atoms with Gasteiger partial charge >= 0.3 is 5.97 Å². The molecule has 1 heterocycles. The van der Waals surface area contributed by atoms with Crippen LogP contribution in [0.4, 0.5) is 0 Å². The summed E-state index contributed by atoms with van der Waals surface area (Å²) in [5.74, 6) is -0.0509. The van der Waals surface area contributed by atoms with Crippen molar-refractivity contribution in [1.82, 2.24) is 10.2 Å². The van der Waals surface area contributed by atoms with E-state index in [2.05, 4.69) is 17.1 Å². The molecule has 0 amide bonds. The van der Waals surface area contributed by atoms with Gasteiger partial charge in [-0.15, -0.1) is 0 Å². The molecule has 0 saturated carbocycles. The minimum Gasteiger partial charge on any atom is -0.466 e. The van der Waals surface area contributed by atoms with Gasteiger partial charge in [-0.3, -0.25) is 4.79 Å². The number of unbranched alkanes of at least 4 members (excludes halogenated alkanes) is 2. The summed E-state index contributed by atoms with van der Waals surface area (Å²) in [7, 11) is 0. The molecule has 1 rings (SSSR count). The van der Waals surface area contributed by atoms with Crippen molar-refractivity contribution >= 4 is 5.97 Å². The highest BCUT2D eigenvalue weighted by molar-refractivity contribution is 5.69. The van der Waals surface area contributed by atoms with Crippen LogP contribution in [0.3, 0.4) is 0 Å². The van der Waals surface area contributed by atoms with Crippen LogP contribution in [-0.2, 0) is 9.53 Å². The molecular formula is C15H30N2O2. The molecule has 0 spiro atoms. The summed E-state index contributed by atoms with van der Waals surface area (Å²) < 4.78 is 4.92. The van der Waals surface area contributed by atoms with Crippen molar-refractivity contribution in [3.05, 3.63) is 0 Å². The first kappa shape index (κ1) is 16.4. The Morgan fingerprint density at radius 1 is 1.32 bits per heavy atom. The van der Waals surface area contributed by atoms with E-state index in [1.54, 1.807) is 0 Å². The first-order valence-electron chi connectivity index (χ1n) is 7.87. The molecule has 0 aromatic heterocycles. The molecule has 112 valence electrons. The van der Waals surface area contributed by atoms with Crippen LogP contribution >= 0.6 is 0 Å². The van der Waals surface area contributed by atoms with Crippen LogP contribution in [0.5, 0.6) is 0 Å². The Balaban J connectivity index is 2.01. The highest BCUT2D eigenvalue weighted by Crippen LogP contribution is 2.08. The zero-order valence-electron chi connectivity index (χ0n) is 12.6. The molecule has 1 fully saturated rings. The third-order valence-corrected chi connectivity index (χ3v) is 3.75. The van der Waals surface area contributed by atoms with Gasteiger partial charge in [0.15, 0.2) is 0 Å². The second-order valence-corrected chi connectivity index (χ2v) is 5.30. The van der Waals surface area contributed by atoms with Crippen molar-refractivity contribution in [2.75, 3.05) is 32.8 Å². The van der Waals surface area contributed by atoms with Crippen LogP contribution in [0.25, 0.3) is 0 Å². The lowest BCUT2D eigenvalue weighted by Gasteiger charge is -2.24.